The Bertz CT molecular complexity index is 507. The summed E-state index contributed by atoms with van der Waals surface area (Å²) in [5.41, 5.74) is 8.75. The summed E-state index contributed by atoms with van der Waals surface area (Å²) in [6.07, 6.45) is 5.29. The van der Waals surface area contributed by atoms with Gasteiger partial charge in [-0.15, -0.1) is 0 Å². The topological polar surface area (TPSA) is 48.4 Å². The lowest BCUT2D eigenvalue weighted by atomic mass is 9.84. The Hall–Kier alpha value is -1.74. The lowest BCUT2D eigenvalue weighted by Gasteiger charge is -2.30. The minimum Gasteiger partial charge on any atom is -0.493 e. The monoisotopic (exact) mass is 243 g/mol. The fraction of sp³-hybridized carbons (Fsp3) is 0.333. The van der Waals surface area contributed by atoms with Crippen LogP contribution in [0, 0.1) is 0 Å². The molecule has 1 aliphatic heterocycles. The molecule has 0 saturated heterocycles. The number of rotatable bonds is 3. The molecule has 1 aliphatic rings. The van der Waals surface area contributed by atoms with E-state index in [0.29, 0.717) is 5.92 Å². The van der Waals surface area contributed by atoms with Crippen LogP contribution < -0.4 is 10.5 Å². The van der Waals surface area contributed by atoms with Gasteiger partial charge in [0.1, 0.15) is 5.75 Å². The molecule has 0 aliphatic carbocycles. The van der Waals surface area contributed by atoms with Gasteiger partial charge in [-0.1, -0.05) is 18.2 Å². The minimum absolute atomic E-state index is 0.104. The van der Waals surface area contributed by atoms with Gasteiger partial charge in [0.25, 0.3) is 0 Å². The molecule has 1 aromatic carbocycles. The van der Waals surface area contributed by atoms with Gasteiger partial charge in [0.15, 0.2) is 0 Å². The third-order valence-corrected chi connectivity index (χ3v) is 3.57. The van der Waals surface area contributed by atoms with E-state index in [1.165, 1.54) is 5.56 Å². The summed E-state index contributed by atoms with van der Waals surface area (Å²) in [5.74, 6) is 1.35. The van der Waals surface area contributed by atoms with Crippen LogP contribution in [0.2, 0.25) is 0 Å². The highest BCUT2D eigenvalue weighted by atomic mass is 16.5. The normalized spacial score (nSPS) is 19.9. The van der Waals surface area contributed by atoms with Gasteiger partial charge in [-0.25, -0.2) is 0 Å². The summed E-state index contributed by atoms with van der Waals surface area (Å²) < 4.78 is 10.8. The first-order valence-corrected chi connectivity index (χ1v) is 6.33. The predicted molar refractivity (Wildman–Crippen MR) is 69.7 cm³/mol. The maximum absolute atomic E-state index is 6.36. The van der Waals surface area contributed by atoms with Crippen LogP contribution in [-0.4, -0.2) is 12.6 Å². The zero-order chi connectivity index (χ0) is 12.4. The third-order valence-electron chi connectivity index (χ3n) is 3.57. The molecule has 0 saturated carbocycles. The van der Waals surface area contributed by atoms with Crippen LogP contribution in [0.4, 0.5) is 0 Å². The SMILES string of the molecule is NC(Cc1ccoc1)C1CCOc2ccccc21. The number of furan rings is 1. The smallest absolute Gasteiger partial charge is 0.122 e. The fourth-order valence-corrected chi connectivity index (χ4v) is 2.64. The van der Waals surface area contributed by atoms with Gasteiger partial charge in [0, 0.05) is 12.0 Å². The van der Waals surface area contributed by atoms with Crippen molar-refractivity contribution in [2.75, 3.05) is 6.61 Å². The molecule has 2 aromatic rings. The molecule has 2 N–H and O–H groups in total. The Labute approximate surface area is 107 Å². The average Bonchev–Trinajstić information content (AvgIpc) is 2.91. The zero-order valence-corrected chi connectivity index (χ0v) is 10.2. The van der Waals surface area contributed by atoms with E-state index in [1.54, 1.807) is 12.5 Å². The van der Waals surface area contributed by atoms with E-state index in [0.717, 1.165) is 30.8 Å². The molecule has 3 nitrogen and oxygen atoms in total. The third kappa shape index (κ3) is 2.14. The number of para-hydroxylation sites is 1. The highest BCUT2D eigenvalue weighted by Crippen LogP contribution is 2.35. The second-order valence-electron chi connectivity index (χ2n) is 4.78. The molecule has 3 heteroatoms. The van der Waals surface area contributed by atoms with E-state index in [1.807, 2.05) is 24.3 Å². The molecular weight excluding hydrogens is 226 g/mol. The first-order chi connectivity index (χ1) is 8.84. The molecule has 0 fully saturated rings. The van der Waals surface area contributed by atoms with Crippen LogP contribution >= 0.6 is 0 Å². The first-order valence-electron chi connectivity index (χ1n) is 6.33. The van der Waals surface area contributed by atoms with Crippen molar-refractivity contribution in [1.82, 2.24) is 0 Å². The fourth-order valence-electron chi connectivity index (χ4n) is 2.64. The van der Waals surface area contributed by atoms with Crippen molar-refractivity contribution in [3.8, 4) is 5.75 Å². The van der Waals surface area contributed by atoms with E-state index in [2.05, 4.69) is 6.07 Å². The molecule has 1 aromatic heterocycles. The van der Waals surface area contributed by atoms with Crippen molar-refractivity contribution in [2.24, 2.45) is 5.73 Å². The highest BCUT2D eigenvalue weighted by Gasteiger charge is 2.26. The van der Waals surface area contributed by atoms with Crippen LogP contribution in [0.3, 0.4) is 0 Å². The second-order valence-corrected chi connectivity index (χ2v) is 4.78. The maximum atomic E-state index is 6.36. The number of benzene rings is 1. The van der Waals surface area contributed by atoms with Crippen LogP contribution in [0.1, 0.15) is 23.5 Å². The molecule has 2 atom stereocenters. The summed E-state index contributed by atoms with van der Waals surface area (Å²) in [4.78, 5) is 0. The van der Waals surface area contributed by atoms with Gasteiger partial charge in [0.2, 0.25) is 0 Å². The highest BCUT2D eigenvalue weighted by molar-refractivity contribution is 5.38. The number of hydrogen-bond donors (Lipinski definition) is 1. The molecular formula is C15H17NO2. The van der Waals surface area contributed by atoms with Crippen LogP contribution in [0.15, 0.2) is 47.3 Å². The minimum atomic E-state index is 0.104. The van der Waals surface area contributed by atoms with Crippen molar-refractivity contribution in [3.05, 3.63) is 54.0 Å². The van der Waals surface area contributed by atoms with Crippen molar-refractivity contribution in [1.29, 1.82) is 0 Å². The van der Waals surface area contributed by atoms with Crippen molar-refractivity contribution in [2.45, 2.75) is 24.8 Å². The molecule has 0 radical (unpaired) electrons. The van der Waals surface area contributed by atoms with Crippen molar-refractivity contribution < 1.29 is 9.15 Å². The number of fused-ring (bicyclic) bond motifs is 1. The van der Waals surface area contributed by atoms with Gasteiger partial charge in [-0.2, -0.15) is 0 Å². The Kier molecular flexibility index (Phi) is 3.07. The predicted octanol–water partition coefficient (Wildman–Crippen LogP) is 2.72. The quantitative estimate of drug-likeness (QED) is 0.901. The van der Waals surface area contributed by atoms with Gasteiger partial charge < -0.3 is 14.9 Å². The molecule has 0 spiro atoms. The summed E-state index contributed by atoms with van der Waals surface area (Å²) in [6, 6.07) is 10.3. The van der Waals surface area contributed by atoms with Crippen LogP contribution in [0.25, 0.3) is 0 Å². The molecule has 2 unspecified atom stereocenters. The largest absolute Gasteiger partial charge is 0.493 e. The molecule has 18 heavy (non-hydrogen) atoms. The number of hydrogen-bond acceptors (Lipinski definition) is 3. The van der Waals surface area contributed by atoms with Crippen molar-refractivity contribution >= 4 is 0 Å². The Balaban J connectivity index is 1.80. The Morgan fingerprint density at radius 2 is 2.17 bits per heavy atom. The molecule has 3 rings (SSSR count). The zero-order valence-electron chi connectivity index (χ0n) is 10.2. The molecule has 0 amide bonds. The number of nitrogens with two attached hydrogens (primary N) is 1. The van der Waals surface area contributed by atoms with Gasteiger partial charge in [-0.05, 0) is 36.1 Å². The lowest BCUT2D eigenvalue weighted by Crippen LogP contribution is -2.33. The van der Waals surface area contributed by atoms with E-state index >= 15 is 0 Å². The van der Waals surface area contributed by atoms with Gasteiger partial charge in [0.05, 0.1) is 19.1 Å². The summed E-state index contributed by atoms with van der Waals surface area (Å²) in [6.45, 7) is 0.751. The number of ether oxygens (including phenoxy) is 1. The summed E-state index contributed by atoms with van der Waals surface area (Å²) in [7, 11) is 0. The molecule has 94 valence electrons. The van der Waals surface area contributed by atoms with E-state index in [4.69, 9.17) is 14.9 Å². The van der Waals surface area contributed by atoms with Crippen LogP contribution in [0.5, 0.6) is 5.75 Å². The summed E-state index contributed by atoms with van der Waals surface area (Å²) >= 11 is 0. The first kappa shape index (κ1) is 11.4. The Morgan fingerprint density at radius 1 is 1.28 bits per heavy atom. The molecule has 2 heterocycles. The lowest BCUT2D eigenvalue weighted by molar-refractivity contribution is 0.254. The van der Waals surface area contributed by atoms with Gasteiger partial charge >= 0.3 is 0 Å². The van der Waals surface area contributed by atoms with E-state index in [-0.39, 0.29) is 6.04 Å². The second kappa shape index (κ2) is 4.86. The van der Waals surface area contributed by atoms with Crippen molar-refractivity contribution in [3.63, 3.8) is 0 Å². The average molecular weight is 243 g/mol. The van der Waals surface area contributed by atoms with E-state index < -0.39 is 0 Å². The maximum Gasteiger partial charge on any atom is 0.122 e. The molecule has 0 bridgehead atoms. The Morgan fingerprint density at radius 3 is 3.00 bits per heavy atom. The summed E-state index contributed by atoms with van der Waals surface area (Å²) in [5, 5.41) is 0. The standard InChI is InChI=1S/C15H17NO2/c16-14(9-11-5-7-17-10-11)12-6-8-18-15-4-2-1-3-13(12)15/h1-5,7,10,12,14H,6,8-9,16H2. The van der Waals surface area contributed by atoms with Gasteiger partial charge in [-0.3, -0.25) is 0 Å². The van der Waals surface area contributed by atoms with E-state index in [9.17, 15) is 0 Å². The van der Waals surface area contributed by atoms with Crippen LogP contribution in [-0.2, 0) is 6.42 Å².